The molecule has 2 amide bonds. The fraction of sp³-hybridized carbons (Fsp3) is 0.417. The number of cyclic esters (lactones) is 1. The number of amides is 2. The Morgan fingerprint density at radius 3 is 2.48 bits per heavy atom. The second-order valence-electron chi connectivity index (χ2n) is 7.95. The zero-order chi connectivity index (χ0) is 22.0. The van der Waals surface area contributed by atoms with E-state index in [9.17, 15) is 9.59 Å². The first kappa shape index (κ1) is 21.6. The Morgan fingerprint density at radius 1 is 1.13 bits per heavy atom. The van der Waals surface area contributed by atoms with Crippen LogP contribution in [0.2, 0.25) is 0 Å². The Bertz CT molecular complexity index is 944. The predicted octanol–water partition coefficient (Wildman–Crippen LogP) is 4.60. The Morgan fingerprint density at radius 2 is 1.84 bits per heavy atom. The van der Waals surface area contributed by atoms with E-state index in [2.05, 4.69) is 0 Å². The van der Waals surface area contributed by atoms with Crippen LogP contribution in [0.3, 0.4) is 0 Å². The number of carbonyl (C=O) groups is 2. The quantitative estimate of drug-likeness (QED) is 0.636. The zero-order valence-corrected chi connectivity index (χ0v) is 18.9. The summed E-state index contributed by atoms with van der Waals surface area (Å²) in [6.45, 7) is 3.24. The Kier molecular flexibility index (Phi) is 6.41. The molecule has 0 unspecified atom stereocenters. The monoisotopic (exact) mass is 440 g/mol. The van der Waals surface area contributed by atoms with Gasteiger partial charge in [0.15, 0.2) is 0 Å². The number of rotatable bonds is 5. The van der Waals surface area contributed by atoms with Crippen molar-refractivity contribution in [2.24, 2.45) is 0 Å². The molecule has 0 N–H and O–H groups in total. The van der Waals surface area contributed by atoms with Crippen LogP contribution in [0.1, 0.15) is 41.8 Å². The summed E-state index contributed by atoms with van der Waals surface area (Å²) < 4.78 is 11.2. The van der Waals surface area contributed by atoms with Crippen molar-refractivity contribution >= 4 is 23.8 Å². The van der Waals surface area contributed by atoms with Crippen molar-refractivity contribution in [1.82, 2.24) is 9.80 Å². The Labute approximate surface area is 187 Å². The molecule has 6 nitrogen and oxygen atoms in total. The molecular formula is C24H28N2O4S. The molecule has 2 aliphatic rings. The molecule has 2 saturated heterocycles. The summed E-state index contributed by atoms with van der Waals surface area (Å²) in [6.07, 6.45) is 2.94. The molecule has 2 aliphatic heterocycles. The molecule has 0 bridgehead atoms. The highest BCUT2D eigenvalue weighted by molar-refractivity contribution is 7.98. The second kappa shape index (κ2) is 9.22. The summed E-state index contributed by atoms with van der Waals surface area (Å²) in [5, 5.41) is 0. The van der Waals surface area contributed by atoms with Crippen molar-refractivity contribution in [3.05, 3.63) is 59.7 Å². The minimum atomic E-state index is -0.263. The first-order chi connectivity index (χ1) is 15.0. The van der Waals surface area contributed by atoms with Gasteiger partial charge in [-0.3, -0.25) is 9.69 Å². The number of hydrogen-bond acceptors (Lipinski definition) is 5. The summed E-state index contributed by atoms with van der Waals surface area (Å²) in [5.74, 6) is 0.573. The molecule has 0 spiro atoms. The van der Waals surface area contributed by atoms with Gasteiger partial charge in [-0.1, -0.05) is 30.3 Å². The van der Waals surface area contributed by atoms with Gasteiger partial charge in [-0.2, -0.15) is 0 Å². The van der Waals surface area contributed by atoms with Crippen LogP contribution < -0.4 is 4.74 Å². The minimum absolute atomic E-state index is 0.0258. The lowest BCUT2D eigenvalue weighted by Crippen LogP contribution is -2.49. The van der Waals surface area contributed by atoms with Gasteiger partial charge in [0.05, 0.1) is 18.7 Å². The second-order valence-corrected chi connectivity index (χ2v) is 8.83. The molecule has 4 rings (SSSR count). The van der Waals surface area contributed by atoms with Gasteiger partial charge < -0.3 is 14.4 Å². The average molecular weight is 441 g/mol. The van der Waals surface area contributed by atoms with Gasteiger partial charge >= 0.3 is 6.09 Å². The van der Waals surface area contributed by atoms with Gasteiger partial charge in [0.2, 0.25) is 0 Å². The molecule has 2 aromatic carbocycles. The van der Waals surface area contributed by atoms with Gasteiger partial charge in [0.1, 0.15) is 11.9 Å². The maximum absolute atomic E-state index is 13.1. The number of methoxy groups -OCH3 is 1. The maximum Gasteiger partial charge on any atom is 0.411 e. The lowest BCUT2D eigenvalue weighted by molar-refractivity contribution is 0.0637. The highest BCUT2D eigenvalue weighted by atomic mass is 32.2. The van der Waals surface area contributed by atoms with Crippen LogP contribution in [0, 0.1) is 0 Å². The van der Waals surface area contributed by atoms with Crippen molar-refractivity contribution in [1.29, 1.82) is 0 Å². The maximum atomic E-state index is 13.1. The molecular weight excluding hydrogens is 412 g/mol. The van der Waals surface area contributed by atoms with Crippen molar-refractivity contribution in [3.63, 3.8) is 0 Å². The van der Waals surface area contributed by atoms with E-state index in [-0.39, 0.29) is 30.2 Å². The number of ether oxygens (including phenoxy) is 2. The molecule has 2 fully saturated rings. The molecule has 164 valence electrons. The molecule has 2 heterocycles. The average Bonchev–Trinajstić information content (AvgIpc) is 3.12. The summed E-state index contributed by atoms with van der Waals surface area (Å²) in [6, 6.07) is 15.6. The Balaban J connectivity index is 1.42. The number of carbonyl (C=O) groups excluding carboxylic acids is 2. The molecule has 0 saturated carbocycles. The van der Waals surface area contributed by atoms with Crippen LogP contribution in [-0.2, 0) is 4.74 Å². The third-order valence-electron chi connectivity index (χ3n) is 6.23. The van der Waals surface area contributed by atoms with E-state index < -0.39 is 0 Å². The first-order valence-corrected chi connectivity index (χ1v) is 11.8. The van der Waals surface area contributed by atoms with Gasteiger partial charge in [0, 0.05) is 24.0 Å². The van der Waals surface area contributed by atoms with Crippen LogP contribution in [0.4, 0.5) is 4.79 Å². The lowest BCUT2D eigenvalue weighted by Gasteiger charge is -2.37. The largest absolute Gasteiger partial charge is 0.496 e. The van der Waals surface area contributed by atoms with Crippen LogP contribution >= 0.6 is 11.8 Å². The van der Waals surface area contributed by atoms with E-state index in [1.165, 1.54) is 0 Å². The normalized spacial score (nSPS) is 21.8. The van der Waals surface area contributed by atoms with Crippen LogP contribution in [0.25, 0.3) is 0 Å². The number of hydrogen-bond donors (Lipinski definition) is 0. The summed E-state index contributed by atoms with van der Waals surface area (Å²) in [5.41, 5.74) is 1.59. The van der Waals surface area contributed by atoms with Crippen molar-refractivity contribution in [2.45, 2.75) is 42.8 Å². The summed E-state index contributed by atoms with van der Waals surface area (Å²) >= 11 is 1.61. The molecule has 0 radical (unpaired) electrons. The van der Waals surface area contributed by atoms with Crippen molar-refractivity contribution in [2.75, 3.05) is 26.5 Å². The topological polar surface area (TPSA) is 59.1 Å². The van der Waals surface area contributed by atoms with E-state index in [1.54, 1.807) is 18.9 Å². The van der Waals surface area contributed by atoms with E-state index in [1.807, 2.05) is 71.5 Å². The number of benzene rings is 2. The number of piperidine rings is 1. The minimum Gasteiger partial charge on any atom is -0.496 e. The van der Waals surface area contributed by atoms with E-state index >= 15 is 0 Å². The summed E-state index contributed by atoms with van der Waals surface area (Å²) in [7, 11) is 1.59. The third-order valence-corrected chi connectivity index (χ3v) is 6.95. The van der Waals surface area contributed by atoms with Crippen LogP contribution in [-0.4, -0.2) is 60.3 Å². The molecule has 0 aromatic heterocycles. The van der Waals surface area contributed by atoms with Gasteiger partial charge in [-0.15, -0.1) is 11.8 Å². The van der Waals surface area contributed by atoms with E-state index in [0.717, 1.165) is 23.3 Å². The number of nitrogens with zero attached hydrogens (tertiary/aromatic N) is 2. The molecule has 7 heteroatoms. The number of likely N-dealkylation sites (tertiary alicyclic amines) is 1. The highest BCUT2D eigenvalue weighted by Gasteiger charge is 2.44. The molecule has 2 atom stereocenters. The van der Waals surface area contributed by atoms with Gasteiger partial charge in [-0.05, 0) is 49.8 Å². The van der Waals surface area contributed by atoms with Gasteiger partial charge in [-0.25, -0.2) is 4.79 Å². The fourth-order valence-corrected chi connectivity index (χ4v) is 4.97. The van der Waals surface area contributed by atoms with Crippen molar-refractivity contribution in [3.8, 4) is 5.75 Å². The third kappa shape index (κ3) is 4.24. The standard InChI is InChI=1S/C24H28N2O4S/c1-16-22(17-7-5-4-6-8-17)30-24(28)26(16)18-11-13-25(14-12-18)23(27)20-10-9-19(31-3)15-21(20)29-2/h4-10,15-16,18,22H,11-14H2,1-3H3/t16-,22-/m0/s1. The van der Waals surface area contributed by atoms with E-state index in [0.29, 0.717) is 24.4 Å². The van der Waals surface area contributed by atoms with Crippen LogP contribution in [0.15, 0.2) is 53.4 Å². The Hall–Kier alpha value is -2.67. The predicted molar refractivity (Wildman–Crippen MR) is 121 cm³/mol. The number of thioether (sulfide) groups is 1. The molecule has 2 aromatic rings. The fourth-order valence-electron chi connectivity index (χ4n) is 4.54. The summed E-state index contributed by atoms with van der Waals surface area (Å²) in [4.78, 5) is 30.5. The highest BCUT2D eigenvalue weighted by Crippen LogP contribution is 2.36. The van der Waals surface area contributed by atoms with E-state index in [4.69, 9.17) is 9.47 Å². The molecule has 0 aliphatic carbocycles. The lowest BCUT2D eigenvalue weighted by atomic mass is 9.98. The zero-order valence-electron chi connectivity index (χ0n) is 18.1. The smallest absolute Gasteiger partial charge is 0.411 e. The molecule has 31 heavy (non-hydrogen) atoms. The first-order valence-electron chi connectivity index (χ1n) is 10.6. The SMILES string of the molecule is COc1cc(SC)ccc1C(=O)N1CCC(N2C(=O)O[C@H](c3ccccc3)[C@@H]2C)CC1. The van der Waals surface area contributed by atoms with Crippen LogP contribution in [0.5, 0.6) is 5.75 Å². The van der Waals surface area contributed by atoms with Crippen molar-refractivity contribution < 1.29 is 19.1 Å². The van der Waals surface area contributed by atoms with Gasteiger partial charge in [0.25, 0.3) is 5.91 Å².